The van der Waals surface area contributed by atoms with Crippen molar-refractivity contribution in [2.45, 2.75) is 13.3 Å². The molecule has 0 saturated carbocycles. The first-order valence-corrected chi connectivity index (χ1v) is 6.62. The lowest BCUT2D eigenvalue weighted by molar-refractivity contribution is -0.115. The van der Waals surface area contributed by atoms with Crippen LogP contribution in [0.5, 0.6) is 5.75 Å². The van der Waals surface area contributed by atoms with Crippen molar-refractivity contribution in [3.8, 4) is 5.75 Å². The zero-order valence-corrected chi connectivity index (χ0v) is 12.0. The number of aryl methyl sites for hydroxylation is 1. The average Bonchev–Trinajstić information content (AvgIpc) is 2.90. The maximum atomic E-state index is 11.8. The Hall–Kier alpha value is -2.41. The monoisotopic (exact) mass is 290 g/mol. The van der Waals surface area contributed by atoms with Gasteiger partial charge in [0, 0.05) is 13.0 Å². The molecule has 0 fully saturated rings. The van der Waals surface area contributed by atoms with E-state index in [1.165, 1.54) is 0 Å². The van der Waals surface area contributed by atoms with Crippen LogP contribution in [0, 0.1) is 6.92 Å². The number of aromatic nitrogens is 2. The van der Waals surface area contributed by atoms with Crippen molar-refractivity contribution < 1.29 is 14.1 Å². The first kappa shape index (κ1) is 15.0. The molecule has 7 heteroatoms. The van der Waals surface area contributed by atoms with Gasteiger partial charge in [-0.1, -0.05) is 17.3 Å². The lowest BCUT2D eigenvalue weighted by Gasteiger charge is -2.09. The van der Waals surface area contributed by atoms with E-state index < -0.39 is 0 Å². The zero-order valence-electron chi connectivity index (χ0n) is 12.0. The van der Waals surface area contributed by atoms with Crippen molar-refractivity contribution in [3.05, 3.63) is 36.0 Å². The molecular weight excluding hydrogens is 272 g/mol. The third-order valence-electron chi connectivity index (χ3n) is 2.75. The molecule has 7 nitrogen and oxygen atoms in total. The van der Waals surface area contributed by atoms with E-state index in [0.717, 1.165) is 0 Å². The topological polar surface area (TPSA) is 89.3 Å². The Morgan fingerprint density at radius 2 is 2.19 bits per heavy atom. The minimum Gasteiger partial charge on any atom is -0.495 e. The Kier molecular flexibility index (Phi) is 5.28. The van der Waals surface area contributed by atoms with E-state index in [-0.39, 0.29) is 12.5 Å². The molecule has 21 heavy (non-hydrogen) atoms. The molecule has 0 saturated heterocycles. The summed E-state index contributed by atoms with van der Waals surface area (Å²) in [6.07, 6.45) is 0.586. The number of hydrogen-bond acceptors (Lipinski definition) is 6. The molecule has 1 aromatic heterocycles. The van der Waals surface area contributed by atoms with Crippen molar-refractivity contribution in [1.29, 1.82) is 0 Å². The van der Waals surface area contributed by atoms with Crippen molar-refractivity contribution >= 4 is 11.6 Å². The van der Waals surface area contributed by atoms with Gasteiger partial charge in [0.05, 0.1) is 19.3 Å². The molecule has 1 heterocycles. The van der Waals surface area contributed by atoms with Crippen molar-refractivity contribution in [2.75, 3.05) is 25.5 Å². The lowest BCUT2D eigenvalue weighted by atomic mass is 10.3. The highest BCUT2D eigenvalue weighted by atomic mass is 16.5. The van der Waals surface area contributed by atoms with E-state index in [2.05, 4.69) is 20.8 Å². The maximum absolute atomic E-state index is 11.8. The van der Waals surface area contributed by atoms with Gasteiger partial charge in [-0.3, -0.25) is 4.79 Å². The van der Waals surface area contributed by atoms with Crippen LogP contribution < -0.4 is 15.4 Å². The van der Waals surface area contributed by atoms with Gasteiger partial charge >= 0.3 is 0 Å². The van der Waals surface area contributed by atoms with Gasteiger partial charge in [-0.25, -0.2) is 0 Å². The minimum atomic E-state index is -0.138. The highest BCUT2D eigenvalue weighted by Crippen LogP contribution is 2.22. The van der Waals surface area contributed by atoms with Crippen LogP contribution in [0.25, 0.3) is 0 Å². The molecular formula is C14H18N4O3. The van der Waals surface area contributed by atoms with Gasteiger partial charge in [-0.05, 0) is 19.1 Å². The summed E-state index contributed by atoms with van der Waals surface area (Å²) in [5, 5.41) is 9.50. The van der Waals surface area contributed by atoms with Gasteiger partial charge in [0.15, 0.2) is 5.82 Å². The summed E-state index contributed by atoms with van der Waals surface area (Å²) in [6.45, 7) is 2.55. The fraction of sp³-hybridized carbons (Fsp3) is 0.357. The van der Waals surface area contributed by atoms with Gasteiger partial charge in [-0.2, -0.15) is 4.98 Å². The number of nitrogens with one attached hydrogen (secondary N) is 2. The SMILES string of the molecule is COc1ccccc1NC(=O)CNCCc1nc(C)no1. The number of ether oxygens (including phenoxy) is 1. The van der Waals surface area contributed by atoms with Crippen LogP contribution in [-0.4, -0.2) is 36.2 Å². The third-order valence-corrected chi connectivity index (χ3v) is 2.75. The highest BCUT2D eigenvalue weighted by molar-refractivity contribution is 5.93. The molecule has 0 aliphatic heterocycles. The van der Waals surface area contributed by atoms with Crippen molar-refractivity contribution in [2.24, 2.45) is 0 Å². The second-order valence-corrected chi connectivity index (χ2v) is 4.41. The maximum Gasteiger partial charge on any atom is 0.238 e. The third kappa shape index (κ3) is 4.57. The normalized spacial score (nSPS) is 10.4. The molecule has 112 valence electrons. The Bertz CT molecular complexity index is 597. The van der Waals surface area contributed by atoms with Gasteiger partial charge in [0.2, 0.25) is 11.8 Å². The van der Waals surface area contributed by atoms with E-state index in [0.29, 0.717) is 36.1 Å². The number of benzene rings is 1. The number of hydrogen-bond donors (Lipinski definition) is 2. The van der Waals surface area contributed by atoms with Crippen LogP contribution >= 0.6 is 0 Å². The summed E-state index contributed by atoms with van der Waals surface area (Å²) in [4.78, 5) is 15.9. The molecule has 1 aromatic carbocycles. The molecule has 0 radical (unpaired) electrons. The minimum absolute atomic E-state index is 0.138. The predicted octanol–water partition coefficient (Wildman–Crippen LogP) is 1.16. The second kappa shape index (κ2) is 7.39. The summed E-state index contributed by atoms with van der Waals surface area (Å²) in [6, 6.07) is 7.27. The quantitative estimate of drug-likeness (QED) is 0.744. The molecule has 2 rings (SSSR count). The van der Waals surface area contributed by atoms with Crippen LogP contribution in [0.1, 0.15) is 11.7 Å². The summed E-state index contributed by atoms with van der Waals surface area (Å²) < 4.78 is 10.1. The summed E-state index contributed by atoms with van der Waals surface area (Å²) in [7, 11) is 1.57. The number of rotatable bonds is 7. The molecule has 0 aliphatic carbocycles. The Balaban J connectivity index is 1.72. The Morgan fingerprint density at radius 1 is 1.38 bits per heavy atom. The highest BCUT2D eigenvalue weighted by Gasteiger charge is 2.07. The molecule has 0 aliphatic rings. The lowest BCUT2D eigenvalue weighted by Crippen LogP contribution is -2.29. The van der Waals surface area contributed by atoms with Crippen LogP contribution in [0.3, 0.4) is 0 Å². The number of carbonyl (C=O) groups is 1. The standard InChI is InChI=1S/C14H18N4O3/c1-10-16-14(21-18-10)7-8-15-9-13(19)17-11-5-3-4-6-12(11)20-2/h3-6,15H,7-9H2,1-2H3,(H,17,19). The predicted molar refractivity (Wildman–Crippen MR) is 77.2 cm³/mol. The van der Waals surface area contributed by atoms with Crippen LogP contribution in [0.15, 0.2) is 28.8 Å². The Labute approximate surface area is 122 Å². The fourth-order valence-corrected chi connectivity index (χ4v) is 1.78. The molecule has 1 amide bonds. The van der Waals surface area contributed by atoms with Gasteiger partial charge in [-0.15, -0.1) is 0 Å². The van der Waals surface area contributed by atoms with E-state index >= 15 is 0 Å². The van der Waals surface area contributed by atoms with E-state index in [9.17, 15) is 4.79 Å². The number of anilines is 1. The number of methoxy groups -OCH3 is 1. The van der Waals surface area contributed by atoms with E-state index in [1.807, 2.05) is 12.1 Å². The molecule has 0 atom stereocenters. The van der Waals surface area contributed by atoms with Gasteiger partial charge < -0.3 is 19.9 Å². The first-order chi connectivity index (χ1) is 10.2. The fourth-order valence-electron chi connectivity index (χ4n) is 1.78. The molecule has 0 bridgehead atoms. The Morgan fingerprint density at radius 3 is 2.90 bits per heavy atom. The van der Waals surface area contributed by atoms with Gasteiger partial charge in [0.1, 0.15) is 5.75 Å². The van der Waals surface area contributed by atoms with Gasteiger partial charge in [0.25, 0.3) is 0 Å². The number of amides is 1. The van der Waals surface area contributed by atoms with Crippen LogP contribution in [-0.2, 0) is 11.2 Å². The first-order valence-electron chi connectivity index (χ1n) is 6.62. The van der Waals surface area contributed by atoms with Crippen LogP contribution in [0.4, 0.5) is 5.69 Å². The summed E-state index contributed by atoms with van der Waals surface area (Å²) in [5.41, 5.74) is 0.652. The second-order valence-electron chi connectivity index (χ2n) is 4.41. The smallest absolute Gasteiger partial charge is 0.238 e. The summed E-state index contributed by atoms with van der Waals surface area (Å²) >= 11 is 0. The van der Waals surface area contributed by atoms with E-state index in [4.69, 9.17) is 9.26 Å². The number of carbonyl (C=O) groups excluding carboxylic acids is 1. The average molecular weight is 290 g/mol. The van der Waals surface area contributed by atoms with Crippen LogP contribution in [0.2, 0.25) is 0 Å². The number of nitrogens with zero attached hydrogens (tertiary/aromatic N) is 2. The van der Waals surface area contributed by atoms with Crippen molar-refractivity contribution in [3.63, 3.8) is 0 Å². The number of para-hydroxylation sites is 2. The summed E-state index contributed by atoms with van der Waals surface area (Å²) in [5.74, 6) is 1.66. The molecule has 2 N–H and O–H groups in total. The molecule has 2 aromatic rings. The molecule has 0 spiro atoms. The largest absolute Gasteiger partial charge is 0.495 e. The van der Waals surface area contributed by atoms with E-state index in [1.54, 1.807) is 26.2 Å². The molecule has 0 unspecified atom stereocenters. The zero-order chi connectivity index (χ0) is 15.1. The van der Waals surface area contributed by atoms with Crippen molar-refractivity contribution in [1.82, 2.24) is 15.5 Å².